The first kappa shape index (κ1) is 21.9. The number of hydrogen-bond acceptors (Lipinski definition) is 5. The number of benzene rings is 1. The molecule has 0 saturated carbocycles. The Labute approximate surface area is 185 Å². The first-order valence-electron chi connectivity index (χ1n) is 11.6. The number of hydrogen-bond donors (Lipinski definition) is 1. The topological polar surface area (TPSA) is 71.1 Å². The maximum atomic E-state index is 12.6. The van der Waals surface area contributed by atoms with Gasteiger partial charge in [0.25, 0.3) is 0 Å². The molecule has 170 valence electrons. The Morgan fingerprint density at radius 3 is 2.58 bits per heavy atom. The van der Waals surface area contributed by atoms with Crippen molar-refractivity contribution >= 4 is 11.8 Å². The van der Waals surface area contributed by atoms with Crippen molar-refractivity contribution in [2.24, 2.45) is 17.8 Å². The second kappa shape index (κ2) is 9.47. The van der Waals surface area contributed by atoms with Crippen LogP contribution in [0.1, 0.15) is 44.2 Å². The van der Waals surface area contributed by atoms with Crippen LogP contribution < -0.4 is 14.8 Å². The summed E-state index contributed by atoms with van der Waals surface area (Å²) in [6, 6.07) is 4.26. The van der Waals surface area contributed by atoms with Gasteiger partial charge >= 0.3 is 0 Å². The highest BCUT2D eigenvalue weighted by atomic mass is 16.7. The molecule has 1 aromatic carbocycles. The fourth-order valence-electron chi connectivity index (χ4n) is 5.05. The van der Waals surface area contributed by atoms with E-state index in [2.05, 4.69) is 29.4 Å². The lowest BCUT2D eigenvalue weighted by Crippen LogP contribution is -2.33. The second-order valence-corrected chi connectivity index (χ2v) is 9.58. The fourth-order valence-corrected chi connectivity index (χ4v) is 5.05. The second-order valence-electron chi connectivity index (χ2n) is 9.58. The van der Waals surface area contributed by atoms with Gasteiger partial charge in [0.1, 0.15) is 0 Å². The minimum atomic E-state index is -0.0154. The fraction of sp³-hybridized carbons (Fsp3) is 0.667. The molecule has 0 aliphatic carbocycles. The van der Waals surface area contributed by atoms with Crippen LogP contribution >= 0.6 is 0 Å². The highest BCUT2D eigenvalue weighted by molar-refractivity contribution is 5.79. The van der Waals surface area contributed by atoms with Crippen LogP contribution in [0.2, 0.25) is 0 Å². The molecule has 0 unspecified atom stereocenters. The summed E-state index contributed by atoms with van der Waals surface area (Å²) in [5, 5.41) is 3.08. The van der Waals surface area contributed by atoms with Crippen LogP contribution in [0.3, 0.4) is 0 Å². The molecule has 3 aliphatic rings. The van der Waals surface area contributed by atoms with Crippen LogP contribution in [0.5, 0.6) is 11.5 Å². The van der Waals surface area contributed by atoms with Crippen molar-refractivity contribution in [3.05, 3.63) is 23.3 Å². The number of rotatable bonds is 1. The zero-order valence-corrected chi connectivity index (χ0v) is 19.0. The van der Waals surface area contributed by atoms with E-state index in [1.807, 2.05) is 18.7 Å². The van der Waals surface area contributed by atoms with E-state index in [9.17, 15) is 9.59 Å². The van der Waals surface area contributed by atoms with E-state index >= 15 is 0 Å². The summed E-state index contributed by atoms with van der Waals surface area (Å²) < 4.78 is 11.3. The molecule has 1 saturated heterocycles. The predicted molar refractivity (Wildman–Crippen MR) is 118 cm³/mol. The van der Waals surface area contributed by atoms with Crippen molar-refractivity contribution in [2.45, 2.75) is 46.1 Å². The van der Waals surface area contributed by atoms with E-state index in [4.69, 9.17) is 9.47 Å². The number of ether oxygens (including phenoxy) is 2. The molecule has 0 spiro atoms. The average molecular weight is 430 g/mol. The molecule has 1 fully saturated rings. The Hall–Kier alpha value is -2.28. The van der Waals surface area contributed by atoms with Crippen molar-refractivity contribution in [2.75, 3.05) is 40.0 Å². The van der Waals surface area contributed by atoms with Crippen LogP contribution in [0, 0.1) is 17.8 Å². The molecule has 0 radical (unpaired) electrons. The number of likely N-dealkylation sites (tertiary alicyclic amines) is 1. The van der Waals surface area contributed by atoms with Gasteiger partial charge in [-0.15, -0.1) is 0 Å². The minimum absolute atomic E-state index is 0.0154. The normalized spacial score (nSPS) is 25.0. The van der Waals surface area contributed by atoms with Crippen LogP contribution in [0.25, 0.3) is 0 Å². The van der Waals surface area contributed by atoms with E-state index in [1.54, 1.807) is 0 Å². The number of amides is 2. The highest BCUT2D eigenvalue weighted by Gasteiger charge is 2.36. The zero-order valence-electron chi connectivity index (χ0n) is 19.0. The summed E-state index contributed by atoms with van der Waals surface area (Å²) >= 11 is 0. The Morgan fingerprint density at radius 2 is 1.84 bits per heavy atom. The summed E-state index contributed by atoms with van der Waals surface area (Å²) in [7, 11) is 2.12. The molecule has 0 aromatic heterocycles. The summed E-state index contributed by atoms with van der Waals surface area (Å²) in [5.41, 5.74) is 2.56. The first-order valence-corrected chi connectivity index (χ1v) is 11.6. The number of fused-ring (bicyclic) bond motifs is 3. The molecule has 3 heterocycles. The van der Waals surface area contributed by atoms with Crippen molar-refractivity contribution in [1.82, 2.24) is 15.1 Å². The molecule has 4 rings (SSSR count). The predicted octanol–water partition coefficient (Wildman–Crippen LogP) is 2.42. The summed E-state index contributed by atoms with van der Waals surface area (Å²) in [4.78, 5) is 29.4. The summed E-state index contributed by atoms with van der Waals surface area (Å²) in [5.74, 6) is 2.47. The Balaban J connectivity index is 1.57. The SMILES string of the molecule is CC(C)C(=O)N1C[C@H]2CCc3cc4c(cc3CN(C)CCCNC(=O)C[C@H]2C1)OCO4. The highest BCUT2D eigenvalue weighted by Crippen LogP contribution is 2.37. The third kappa shape index (κ3) is 5.14. The van der Waals surface area contributed by atoms with Crippen LogP contribution in [0.15, 0.2) is 12.1 Å². The maximum absolute atomic E-state index is 12.6. The maximum Gasteiger partial charge on any atom is 0.231 e. The van der Waals surface area contributed by atoms with Crippen molar-refractivity contribution in [3.63, 3.8) is 0 Å². The lowest BCUT2D eigenvalue weighted by atomic mass is 9.86. The van der Waals surface area contributed by atoms with Gasteiger partial charge < -0.3 is 24.6 Å². The third-order valence-electron chi connectivity index (χ3n) is 6.79. The molecule has 31 heavy (non-hydrogen) atoms. The van der Waals surface area contributed by atoms with E-state index in [-0.39, 0.29) is 30.4 Å². The first-order chi connectivity index (χ1) is 14.9. The van der Waals surface area contributed by atoms with Gasteiger partial charge in [-0.2, -0.15) is 0 Å². The van der Waals surface area contributed by atoms with Gasteiger partial charge in [0.05, 0.1) is 0 Å². The standard InChI is InChI=1S/C24H35N3O4/c1-16(2)24(29)27-13-18-6-5-17-9-21-22(31-15-30-21)10-19(17)12-26(3)8-4-7-25-23(28)11-20(18)14-27/h9-10,16,18,20H,4-8,11-15H2,1-3H3,(H,25,28)/t18-,20+/m1/s1. The molecule has 0 bridgehead atoms. The molecule has 3 aliphatic heterocycles. The molecular weight excluding hydrogens is 394 g/mol. The molecule has 1 aromatic rings. The number of carbonyl (C=O) groups is 2. The number of nitrogens with one attached hydrogen (secondary N) is 1. The molecular formula is C24H35N3O4. The third-order valence-corrected chi connectivity index (χ3v) is 6.79. The van der Waals surface area contributed by atoms with Gasteiger partial charge in [0.2, 0.25) is 18.6 Å². The molecule has 2 atom stereocenters. The molecule has 7 nitrogen and oxygen atoms in total. The average Bonchev–Trinajstić information content (AvgIpc) is 3.34. The van der Waals surface area contributed by atoms with Crippen molar-refractivity contribution in [3.8, 4) is 11.5 Å². The van der Waals surface area contributed by atoms with Gasteiger partial charge in [-0.05, 0) is 68.0 Å². The minimum Gasteiger partial charge on any atom is -0.454 e. The molecule has 7 heteroatoms. The van der Waals surface area contributed by atoms with Gasteiger partial charge in [0, 0.05) is 38.5 Å². The van der Waals surface area contributed by atoms with Gasteiger partial charge in [-0.25, -0.2) is 0 Å². The Morgan fingerprint density at radius 1 is 1.13 bits per heavy atom. The van der Waals surface area contributed by atoms with Crippen LogP contribution in [0.4, 0.5) is 0 Å². The van der Waals surface area contributed by atoms with Gasteiger partial charge in [-0.3, -0.25) is 9.59 Å². The van der Waals surface area contributed by atoms with E-state index < -0.39 is 0 Å². The molecule has 2 amide bonds. The summed E-state index contributed by atoms with van der Waals surface area (Å²) in [6.45, 7) is 8.04. The Kier molecular flexibility index (Phi) is 6.70. The molecule has 1 N–H and O–H groups in total. The van der Waals surface area contributed by atoms with E-state index in [0.717, 1.165) is 50.4 Å². The van der Waals surface area contributed by atoms with E-state index in [1.165, 1.54) is 11.1 Å². The number of nitrogens with zero attached hydrogens (tertiary/aromatic N) is 2. The lowest BCUT2D eigenvalue weighted by molar-refractivity contribution is -0.133. The largest absolute Gasteiger partial charge is 0.454 e. The van der Waals surface area contributed by atoms with Crippen molar-refractivity contribution < 1.29 is 19.1 Å². The zero-order chi connectivity index (χ0) is 22.0. The van der Waals surface area contributed by atoms with E-state index in [0.29, 0.717) is 25.4 Å². The monoisotopic (exact) mass is 429 g/mol. The summed E-state index contributed by atoms with van der Waals surface area (Å²) in [6.07, 6.45) is 3.27. The van der Waals surface area contributed by atoms with Crippen LogP contribution in [-0.2, 0) is 22.6 Å². The smallest absolute Gasteiger partial charge is 0.231 e. The number of aryl methyl sites for hydroxylation is 1. The lowest BCUT2D eigenvalue weighted by Gasteiger charge is -2.22. The van der Waals surface area contributed by atoms with Gasteiger partial charge in [-0.1, -0.05) is 13.8 Å². The van der Waals surface area contributed by atoms with Crippen molar-refractivity contribution in [1.29, 1.82) is 0 Å². The quantitative estimate of drug-likeness (QED) is 0.742. The van der Waals surface area contributed by atoms with Crippen LogP contribution in [-0.4, -0.2) is 61.6 Å². The number of carbonyl (C=O) groups excluding carboxylic acids is 2. The van der Waals surface area contributed by atoms with Gasteiger partial charge in [0.15, 0.2) is 11.5 Å². The Bertz CT molecular complexity index is 825.